The average Bonchev–Trinajstić information content (AvgIpc) is 3.01. The van der Waals surface area contributed by atoms with E-state index >= 15 is 0 Å². The lowest BCUT2D eigenvalue weighted by molar-refractivity contribution is -0.131. The molecule has 0 fully saturated rings. The normalized spacial score (nSPS) is 13.7. The Hall–Kier alpha value is -2.82. The Balaban J connectivity index is 1.46. The maximum absolute atomic E-state index is 12.7. The summed E-state index contributed by atoms with van der Waals surface area (Å²) < 4.78 is 7.66. The van der Waals surface area contributed by atoms with E-state index in [4.69, 9.17) is 4.74 Å². The number of carbonyl (C=O) groups is 1. The first-order chi connectivity index (χ1) is 12.2. The maximum atomic E-state index is 12.7. The highest BCUT2D eigenvalue weighted by Gasteiger charge is 2.23. The molecule has 2 aromatic carbocycles. The van der Waals surface area contributed by atoms with Crippen molar-refractivity contribution in [2.75, 3.05) is 13.2 Å². The second-order valence-corrected chi connectivity index (χ2v) is 6.24. The molecule has 1 aliphatic heterocycles. The molecular weight excluding hydrogens is 314 g/mol. The van der Waals surface area contributed by atoms with Crippen molar-refractivity contribution in [2.24, 2.45) is 0 Å². The zero-order valence-electron chi connectivity index (χ0n) is 14.3. The van der Waals surface area contributed by atoms with Crippen LogP contribution in [0.5, 0.6) is 5.75 Å². The fourth-order valence-electron chi connectivity index (χ4n) is 3.34. The molecule has 5 nitrogen and oxygen atoms in total. The molecule has 0 spiro atoms. The van der Waals surface area contributed by atoms with Gasteiger partial charge in [0, 0.05) is 13.1 Å². The molecule has 2 heterocycles. The molecule has 1 aromatic heterocycles. The van der Waals surface area contributed by atoms with E-state index in [2.05, 4.69) is 15.6 Å². The number of ether oxygens (including phenoxy) is 1. The molecule has 1 amide bonds. The Bertz CT molecular complexity index is 899. The van der Waals surface area contributed by atoms with Gasteiger partial charge in [0.2, 0.25) is 5.91 Å². The summed E-state index contributed by atoms with van der Waals surface area (Å²) in [4.78, 5) is 19.2. The number of para-hydroxylation sites is 2. The largest absolute Gasteiger partial charge is 0.494 e. The molecule has 128 valence electrons. The molecule has 4 rings (SSSR count). The Kier molecular flexibility index (Phi) is 4.14. The van der Waals surface area contributed by atoms with Gasteiger partial charge in [-0.2, -0.15) is 0 Å². The van der Waals surface area contributed by atoms with Gasteiger partial charge in [0.15, 0.2) is 0 Å². The summed E-state index contributed by atoms with van der Waals surface area (Å²) in [5.74, 6) is 1.94. The summed E-state index contributed by atoms with van der Waals surface area (Å²) in [5, 5.41) is 0. The van der Waals surface area contributed by atoms with Gasteiger partial charge >= 0.3 is 0 Å². The standard InChI is InChI=1S/C20H21N3O2/c1-2-25-16-9-7-15(8-10-16)13-20(24)22-11-12-23-18-6-4-3-5-17(18)21-19(23)14-22/h3-10H,2,11-14H2,1H3. The SMILES string of the molecule is CCOc1ccc(CC(=O)N2CCn3c(nc4ccccc43)C2)cc1. The number of fused-ring (bicyclic) bond motifs is 3. The monoisotopic (exact) mass is 335 g/mol. The lowest BCUT2D eigenvalue weighted by atomic mass is 10.1. The van der Waals surface area contributed by atoms with Gasteiger partial charge in [-0.25, -0.2) is 4.98 Å². The smallest absolute Gasteiger partial charge is 0.227 e. The average molecular weight is 335 g/mol. The minimum absolute atomic E-state index is 0.141. The number of aromatic nitrogens is 2. The Morgan fingerprint density at radius 1 is 1.12 bits per heavy atom. The summed E-state index contributed by atoms with van der Waals surface area (Å²) in [6.07, 6.45) is 0.409. The van der Waals surface area contributed by atoms with E-state index in [1.807, 2.05) is 54.3 Å². The maximum Gasteiger partial charge on any atom is 0.227 e. The van der Waals surface area contributed by atoms with Gasteiger partial charge in [-0.1, -0.05) is 24.3 Å². The molecule has 25 heavy (non-hydrogen) atoms. The highest BCUT2D eigenvalue weighted by Crippen LogP contribution is 2.21. The van der Waals surface area contributed by atoms with Gasteiger partial charge in [0.05, 0.1) is 30.6 Å². The first-order valence-electron chi connectivity index (χ1n) is 8.68. The highest BCUT2D eigenvalue weighted by atomic mass is 16.5. The van der Waals surface area contributed by atoms with Gasteiger partial charge in [-0.15, -0.1) is 0 Å². The summed E-state index contributed by atoms with van der Waals surface area (Å²) in [6.45, 7) is 4.70. The van der Waals surface area contributed by atoms with E-state index in [1.54, 1.807) is 0 Å². The van der Waals surface area contributed by atoms with Crippen LogP contribution in [0.1, 0.15) is 18.3 Å². The van der Waals surface area contributed by atoms with Gasteiger partial charge in [-0.05, 0) is 36.8 Å². The van der Waals surface area contributed by atoms with Gasteiger partial charge < -0.3 is 14.2 Å². The van der Waals surface area contributed by atoms with Crippen LogP contribution in [-0.4, -0.2) is 33.5 Å². The number of hydrogen-bond donors (Lipinski definition) is 0. The third-order valence-corrected chi connectivity index (χ3v) is 4.60. The quantitative estimate of drug-likeness (QED) is 0.736. The van der Waals surface area contributed by atoms with Crippen LogP contribution in [-0.2, 0) is 24.3 Å². The van der Waals surface area contributed by atoms with Gasteiger partial charge in [-0.3, -0.25) is 4.79 Å². The van der Waals surface area contributed by atoms with E-state index in [0.29, 0.717) is 19.6 Å². The second kappa shape index (κ2) is 6.59. The Morgan fingerprint density at radius 3 is 2.72 bits per heavy atom. The van der Waals surface area contributed by atoms with Crippen LogP contribution in [0.25, 0.3) is 11.0 Å². The molecule has 1 aliphatic rings. The second-order valence-electron chi connectivity index (χ2n) is 6.24. The van der Waals surface area contributed by atoms with Crippen LogP contribution in [0.3, 0.4) is 0 Å². The zero-order chi connectivity index (χ0) is 17.2. The number of amides is 1. The van der Waals surface area contributed by atoms with Gasteiger partial charge in [0.25, 0.3) is 0 Å². The zero-order valence-corrected chi connectivity index (χ0v) is 14.3. The van der Waals surface area contributed by atoms with Crippen molar-refractivity contribution in [3.63, 3.8) is 0 Å². The Morgan fingerprint density at radius 2 is 1.92 bits per heavy atom. The number of rotatable bonds is 4. The lowest BCUT2D eigenvalue weighted by Crippen LogP contribution is -2.39. The van der Waals surface area contributed by atoms with Crippen molar-refractivity contribution >= 4 is 16.9 Å². The molecule has 0 N–H and O–H groups in total. The van der Waals surface area contributed by atoms with E-state index in [9.17, 15) is 4.79 Å². The third kappa shape index (κ3) is 3.09. The fourth-order valence-corrected chi connectivity index (χ4v) is 3.34. The third-order valence-electron chi connectivity index (χ3n) is 4.60. The molecule has 0 saturated heterocycles. The van der Waals surface area contributed by atoms with E-state index in [0.717, 1.165) is 41.3 Å². The first-order valence-corrected chi connectivity index (χ1v) is 8.68. The summed E-state index contributed by atoms with van der Waals surface area (Å²) >= 11 is 0. The molecule has 5 heteroatoms. The lowest BCUT2D eigenvalue weighted by Gasteiger charge is -2.28. The molecule has 0 atom stereocenters. The summed E-state index contributed by atoms with van der Waals surface area (Å²) in [6, 6.07) is 15.9. The van der Waals surface area contributed by atoms with Crippen LogP contribution < -0.4 is 4.74 Å². The van der Waals surface area contributed by atoms with Crippen molar-refractivity contribution in [1.82, 2.24) is 14.5 Å². The molecule has 0 aliphatic carbocycles. The van der Waals surface area contributed by atoms with Crippen molar-refractivity contribution in [2.45, 2.75) is 26.4 Å². The van der Waals surface area contributed by atoms with E-state index in [-0.39, 0.29) is 5.91 Å². The molecule has 0 radical (unpaired) electrons. The molecular formula is C20H21N3O2. The van der Waals surface area contributed by atoms with Crippen molar-refractivity contribution in [3.8, 4) is 5.75 Å². The number of nitrogens with zero attached hydrogens (tertiary/aromatic N) is 3. The molecule has 0 bridgehead atoms. The van der Waals surface area contributed by atoms with Crippen molar-refractivity contribution in [3.05, 3.63) is 59.9 Å². The number of carbonyl (C=O) groups excluding carboxylic acids is 1. The van der Waals surface area contributed by atoms with Crippen LogP contribution in [0.2, 0.25) is 0 Å². The predicted octanol–water partition coefficient (Wildman–Crippen LogP) is 3.02. The molecule has 3 aromatic rings. The van der Waals surface area contributed by atoms with E-state index in [1.165, 1.54) is 0 Å². The summed E-state index contributed by atoms with van der Waals surface area (Å²) in [7, 11) is 0. The Labute approximate surface area is 146 Å². The minimum Gasteiger partial charge on any atom is -0.494 e. The molecule has 0 saturated carbocycles. The topological polar surface area (TPSA) is 47.4 Å². The number of benzene rings is 2. The van der Waals surface area contributed by atoms with Crippen molar-refractivity contribution < 1.29 is 9.53 Å². The van der Waals surface area contributed by atoms with Gasteiger partial charge in [0.1, 0.15) is 11.6 Å². The van der Waals surface area contributed by atoms with E-state index < -0.39 is 0 Å². The first kappa shape index (κ1) is 15.7. The summed E-state index contributed by atoms with van der Waals surface area (Å²) in [5.41, 5.74) is 3.15. The number of imidazole rings is 1. The van der Waals surface area contributed by atoms with Crippen LogP contribution >= 0.6 is 0 Å². The predicted molar refractivity (Wildman–Crippen MR) is 96.5 cm³/mol. The minimum atomic E-state index is 0.141. The van der Waals surface area contributed by atoms with Crippen molar-refractivity contribution in [1.29, 1.82) is 0 Å². The van der Waals surface area contributed by atoms with Crippen LogP contribution in [0.4, 0.5) is 0 Å². The van der Waals surface area contributed by atoms with Crippen LogP contribution in [0.15, 0.2) is 48.5 Å². The highest BCUT2D eigenvalue weighted by molar-refractivity contribution is 5.80. The number of hydrogen-bond acceptors (Lipinski definition) is 3. The fraction of sp³-hybridized carbons (Fsp3) is 0.300. The van der Waals surface area contributed by atoms with Crippen LogP contribution in [0, 0.1) is 0 Å². The molecule has 0 unspecified atom stereocenters.